The van der Waals surface area contributed by atoms with E-state index in [2.05, 4.69) is 14.9 Å². The van der Waals surface area contributed by atoms with E-state index in [9.17, 15) is 8.42 Å². The molecule has 0 atom stereocenters. The van der Waals surface area contributed by atoms with Crippen LogP contribution >= 0.6 is 48.0 Å². The minimum atomic E-state index is -3.61. The van der Waals surface area contributed by atoms with Gasteiger partial charge in [-0.05, 0) is 31.2 Å². The Hall–Kier alpha value is 0.210. The van der Waals surface area contributed by atoms with Crippen LogP contribution in [0, 0.1) is 0 Å². The Balaban J connectivity index is 0.00000242. The zero-order chi connectivity index (χ0) is 15.3. The zero-order valence-electron chi connectivity index (χ0n) is 12.4. The van der Waals surface area contributed by atoms with Gasteiger partial charge in [0.2, 0.25) is 10.0 Å². The van der Waals surface area contributed by atoms with Crippen LogP contribution in [0.25, 0.3) is 0 Å². The number of sulfonamides is 1. The number of nitrogens with one attached hydrogen (secondary N) is 2. The molecule has 0 amide bonds. The Labute approximate surface area is 160 Å². The Kier molecular flexibility index (Phi) is 11.0. The van der Waals surface area contributed by atoms with Crippen LogP contribution in [0.5, 0.6) is 0 Å². The summed E-state index contributed by atoms with van der Waals surface area (Å²) in [6, 6.07) is 4.41. The number of hydrogen-bond acceptors (Lipinski definition) is 4. The molecule has 1 fully saturated rings. The highest BCUT2D eigenvalue weighted by Gasteiger charge is 2.18. The molecule has 0 aliphatic carbocycles. The molecule has 0 radical (unpaired) electrons. The summed E-state index contributed by atoms with van der Waals surface area (Å²) in [5.74, 6) is 0. The summed E-state index contributed by atoms with van der Waals surface area (Å²) >= 11 is 11.7. The molecule has 1 aromatic carbocycles. The molecule has 23 heavy (non-hydrogen) atoms. The largest absolute Gasteiger partial charge is 0.314 e. The maximum Gasteiger partial charge on any atom is 0.242 e. The van der Waals surface area contributed by atoms with Gasteiger partial charge >= 0.3 is 0 Å². The van der Waals surface area contributed by atoms with E-state index in [1.807, 2.05) is 0 Å². The number of benzene rings is 1. The number of halogens is 4. The summed E-state index contributed by atoms with van der Waals surface area (Å²) in [7, 11) is -3.61. The van der Waals surface area contributed by atoms with Crippen molar-refractivity contribution in [2.24, 2.45) is 0 Å². The third-order valence-electron chi connectivity index (χ3n) is 3.34. The van der Waals surface area contributed by atoms with Gasteiger partial charge in [0.1, 0.15) is 4.90 Å². The lowest BCUT2D eigenvalue weighted by atomic mass is 10.3. The third-order valence-corrected chi connectivity index (χ3v) is 5.51. The summed E-state index contributed by atoms with van der Waals surface area (Å²) in [6.45, 7) is 5.26. The van der Waals surface area contributed by atoms with Crippen molar-refractivity contribution in [3.05, 3.63) is 28.2 Å². The predicted molar refractivity (Wildman–Crippen MR) is 100 cm³/mol. The van der Waals surface area contributed by atoms with Gasteiger partial charge in [0, 0.05) is 37.7 Å². The number of rotatable bonds is 6. The lowest BCUT2D eigenvalue weighted by molar-refractivity contribution is 0.239. The topological polar surface area (TPSA) is 61.4 Å². The molecule has 2 N–H and O–H groups in total. The number of nitrogens with zero attached hydrogens (tertiary/aromatic N) is 1. The van der Waals surface area contributed by atoms with Gasteiger partial charge in [-0.3, -0.25) is 0 Å². The fraction of sp³-hybridized carbons (Fsp3) is 0.538. The van der Waals surface area contributed by atoms with Gasteiger partial charge in [0.25, 0.3) is 0 Å². The highest BCUT2D eigenvalue weighted by atomic mass is 35.5. The first kappa shape index (κ1) is 23.2. The van der Waals surface area contributed by atoms with Gasteiger partial charge in [-0.1, -0.05) is 23.2 Å². The van der Waals surface area contributed by atoms with Crippen molar-refractivity contribution in [1.82, 2.24) is 14.9 Å². The van der Waals surface area contributed by atoms with Crippen LogP contribution in [0.15, 0.2) is 23.1 Å². The summed E-state index contributed by atoms with van der Waals surface area (Å²) in [5.41, 5.74) is 0. The van der Waals surface area contributed by atoms with Crippen molar-refractivity contribution >= 4 is 58.0 Å². The van der Waals surface area contributed by atoms with Gasteiger partial charge in [-0.15, -0.1) is 24.8 Å². The molecule has 2 rings (SSSR count). The molecule has 5 nitrogen and oxygen atoms in total. The first-order chi connectivity index (χ1) is 9.99. The quantitative estimate of drug-likeness (QED) is 0.688. The zero-order valence-corrected chi connectivity index (χ0v) is 16.4. The molecule has 0 spiro atoms. The maximum absolute atomic E-state index is 12.2. The van der Waals surface area contributed by atoms with Crippen molar-refractivity contribution in [1.29, 1.82) is 0 Å². The predicted octanol–water partition coefficient (Wildman–Crippen LogP) is 2.41. The second-order valence-electron chi connectivity index (χ2n) is 4.92. The molecule has 0 bridgehead atoms. The molecular weight excluding hydrogens is 404 g/mol. The van der Waals surface area contributed by atoms with Crippen LogP contribution in [0.1, 0.15) is 6.42 Å². The van der Waals surface area contributed by atoms with E-state index in [1.165, 1.54) is 12.1 Å². The van der Waals surface area contributed by atoms with E-state index >= 15 is 0 Å². The molecule has 1 aromatic rings. The van der Waals surface area contributed by atoms with Crippen molar-refractivity contribution in [3.8, 4) is 0 Å². The van der Waals surface area contributed by atoms with Crippen LogP contribution < -0.4 is 10.0 Å². The summed E-state index contributed by atoms with van der Waals surface area (Å²) in [6.07, 6.45) is 0.761. The van der Waals surface area contributed by atoms with Crippen LogP contribution in [0.2, 0.25) is 10.0 Å². The molecular formula is C13H21Cl4N3O2S. The van der Waals surface area contributed by atoms with Crippen molar-refractivity contribution in [3.63, 3.8) is 0 Å². The van der Waals surface area contributed by atoms with Crippen molar-refractivity contribution in [2.45, 2.75) is 11.3 Å². The van der Waals surface area contributed by atoms with Gasteiger partial charge in [0.15, 0.2) is 0 Å². The van der Waals surface area contributed by atoms with Crippen molar-refractivity contribution < 1.29 is 8.42 Å². The fourth-order valence-corrected chi connectivity index (χ4v) is 4.04. The van der Waals surface area contributed by atoms with E-state index in [-0.39, 0.29) is 34.7 Å². The summed E-state index contributed by atoms with van der Waals surface area (Å²) in [5, 5.41) is 3.80. The van der Waals surface area contributed by atoms with E-state index < -0.39 is 10.0 Å². The standard InChI is InChI=1S/C13H19Cl2N3O2S.2ClH/c14-11-2-3-12(15)13(10-11)21(19,20)17-4-1-7-18-8-5-16-6-9-18;;/h2-3,10,16-17H,1,4-9H2;2*1H. The Bertz CT molecular complexity index is 581. The first-order valence-electron chi connectivity index (χ1n) is 6.87. The molecule has 1 aliphatic rings. The average Bonchev–Trinajstić information content (AvgIpc) is 2.47. The van der Waals surface area contributed by atoms with E-state index in [4.69, 9.17) is 23.2 Å². The lowest BCUT2D eigenvalue weighted by Gasteiger charge is -2.27. The Morgan fingerprint density at radius 3 is 2.48 bits per heavy atom. The van der Waals surface area contributed by atoms with Gasteiger partial charge in [-0.2, -0.15) is 0 Å². The number of piperazine rings is 1. The smallest absolute Gasteiger partial charge is 0.242 e. The highest BCUT2D eigenvalue weighted by molar-refractivity contribution is 7.89. The SMILES string of the molecule is Cl.Cl.O=S(=O)(NCCCN1CCNCC1)c1cc(Cl)ccc1Cl. The fourth-order valence-electron chi connectivity index (χ4n) is 2.20. The van der Waals surface area contributed by atoms with E-state index in [1.54, 1.807) is 6.07 Å². The Morgan fingerprint density at radius 2 is 1.83 bits per heavy atom. The normalized spacial score (nSPS) is 15.6. The van der Waals surface area contributed by atoms with Gasteiger partial charge in [-0.25, -0.2) is 13.1 Å². The molecule has 1 heterocycles. The van der Waals surface area contributed by atoms with Gasteiger partial charge < -0.3 is 10.2 Å². The minimum absolute atomic E-state index is 0. The van der Waals surface area contributed by atoms with E-state index in [0.29, 0.717) is 11.6 Å². The lowest BCUT2D eigenvalue weighted by Crippen LogP contribution is -2.44. The van der Waals surface area contributed by atoms with Crippen LogP contribution in [0.3, 0.4) is 0 Å². The molecule has 0 unspecified atom stereocenters. The summed E-state index contributed by atoms with van der Waals surface area (Å²) < 4.78 is 26.9. The monoisotopic (exact) mass is 423 g/mol. The van der Waals surface area contributed by atoms with Crippen LogP contribution in [-0.4, -0.2) is 52.6 Å². The highest BCUT2D eigenvalue weighted by Crippen LogP contribution is 2.24. The van der Waals surface area contributed by atoms with Gasteiger partial charge in [0.05, 0.1) is 5.02 Å². The second-order valence-corrected chi connectivity index (χ2v) is 7.50. The molecule has 10 heteroatoms. The molecule has 0 aromatic heterocycles. The molecule has 1 saturated heterocycles. The maximum atomic E-state index is 12.2. The molecule has 134 valence electrons. The average molecular weight is 425 g/mol. The van der Waals surface area contributed by atoms with Crippen LogP contribution in [-0.2, 0) is 10.0 Å². The van der Waals surface area contributed by atoms with Crippen LogP contribution in [0.4, 0.5) is 0 Å². The van der Waals surface area contributed by atoms with E-state index in [0.717, 1.165) is 39.1 Å². The summed E-state index contributed by atoms with van der Waals surface area (Å²) in [4.78, 5) is 2.34. The third kappa shape index (κ3) is 7.32. The molecule has 1 aliphatic heterocycles. The van der Waals surface area contributed by atoms with Crippen molar-refractivity contribution in [2.75, 3.05) is 39.3 Å². The minimum Gasteiger partial charge on any atom is -0.314 e. The number of hydrogen-bond donors (Lipinski definition) is 2. The first-order valence-corrected chi connectivity index (χ1v) is 9.11. The molecule has 0 saturated carbocycles. The Morgan fingerprint density at radius 1 is 1.17 bits per heavy atom. The second kappa shape index (κ2) is 10.9.